The maximum absolute atomic E-state index is 11.9. The van der Waals surface area contributed by atoms with Crippen molar-refractivity contribution in [1.82, 2.24) is 15.6 Å². The number of para-hydroxylation sites is 1. The Kier molecular flexibility index (Phi) is 5.28. The molecule has 21 heavy (non-hydrogen) atoms. The number of benzene rings is 1. The third kappa shape index (κ3) is 4.02. The molecule has 1 amide bonds. The lowest BCUT2D eigenvalue weighted by Crippen LogP contribution is -2.43. The highest BCUT2D eigenvalue weighted by Crippen LogP contribution is 2.16. The van der Waals surface area contributed by atoms with Crippen molar-refractivity contribution in [2.24, 2.45) is 5.92 Å². The van der Waals surface area contributed by atoms with E-state index in [9.17, 15) is 4.79 Å². The summed E-state index contributed by atoms with van der Waals surface area (Å²) >= 11 is 0. The maximum Gasteiger partial charge on any atom is 0.236 e. The standard InChI is InChI=1S/C17H23N3O/c1-12(2)10-15(17(21)18-3)20-11-14-7-4-6-13-8-5-9-19-16(13)14/h4-9,12,15,20H,10-11H2,1-3H3,(H,18,21). The molecule has 4 heteroatoms. The van der Waals surface area contributed by atoms with E-state index < -0.39 is 0 Å². The summed E-state index contributed by atoms with van der Waals surface area (Å²) in [6, 6.07) is 9.95. The highest BCUT2D eigenvalue weighted by Gasteiger charge is 2.18. The number of amides is 1. The van der Waals surface area contributed by atoms with E-state index in [4.69, 9.17) is 0 Å². The third-order valence-corrected chi connectivity index (χ3v) is 3.53. The van der Waals surface area contributed by atoms with E-state index in [1.54, 1.807) is 13.2 Å². The van der Waals surface area contributed by atoms with Gasteiger partial charge >= 0.3 is 0 Å². The Morgan fingerprint density at radius 2 is 2.00 bits per heavy atom. The zero-order valence-electron chi connectivity index (χ0n) is 12.9. The number of carbonyl (C=O) groups excluding carboxylic acids is 1. The molecule has 0 aliphatic rings. The first-order chi connectivity index (χ1) is 10.1. The largest absolute Gasteiger partial charge is 0.358 e. The van der Waals surface area contributed by atoms with Crippen molar-refractivity contribution < 1.29 is 4.79 Å². The Morgan fingerprint density at radius 3 is 2.71 bits per heavy atom. The number of pyridine rings is 1. The number of hydrogen-bond donors (Lipinski definition) is 2. The molecule has 0 aliphatic carbocycles. The summed E-state index contributed by atoms with van der Waals surface area (Å²) in [6.07, 6.45) is 2.62. The molecule has 1 aromatic heterocycles. The second-order valence-electron chi connectivity index (χ2n) is 5.67. The van der Waals surface area contributed by atoms with Gasteiger partial charge in [0.25, 0.3) is 0 Å². The molecule has 0 spiro atoms. The average Bonchev–Trinajstić information content (AvgIpc) is 2.50. The van der Waals surface area contributed by atoms with E-state index >= 15 is 0 Å². The van der Waals surface area contributed by atoms with Gasteiger partial charge in [0.05, 0.1) is 11.6 Å². The van der Waals surface area contributed by atoms with Gasteiger partial charge in [-0.1, -0.05) is 38.1 Å². The topological polar surface area (TPSA) is 54.0 Å². The molecule has 2 aromatic rings. The van der Waals surface area contributed by atoms with E-state index in [1.807, 2.05) is 12.1 Å². The average molecular weight is 285 g/mol. The van der Waals surface area contributed by atoms with Crippen molar-refractivity contribution in [3.05, 3.63) is 42.1 Å². The van der Waals surface area contributed by atoms with Gasteiger partial charge in [-0.15, -0.1) is 0 Å². The number of nitrogens with zero attached hydrogens (tertiary/aromatic N) is 1. The maximum atomic E-state index is 11.9. The molecule has 1 atom stereocenters. The summed E-state index contributed by atoms with van der Waals surface area (Å²) in [5, 5.41) is 7.21. The summed E-state index contributed by atoms with van der Waals surface area (Å²) in [5.41, 5.74) is 2.11. The van der Waals surface area contributed by atoms with Crippen molar-refractivity contribution >= 4 is 16.8 Å². The number of likely N-dealkylation sites (N-methyl/N-ethyl adjacent to an activating group) is 1. The van der Waals surface area contributed by atoms with Gasteiger partial charge in [-0.25, -0.2) is 0 Å². The van der Waals surface area contributed by atoms with E-state index in [2.05, 4.69) is 47.7 Å². The van der Waals surface area contributed by atoms with Gasteiger partial charge in [0, 0.05) is 25.2 Å². The van der Waals surface area contributed by atoms with Crippen molar-refractivity contribution in [1.29, 1.82) is 0 Å². The van der Waals surface area contributed by atoms with Gasteiger partial charge in [-0.2, -0.15) is 0 Å². The van der Waals surface area contributed by atoms with Crippen molar-refractivity contribution in [2.75, 3.05) is 7.05 Å². The van der Waals surface area contributed by atoms with Crippen LogP contribution in [0.2, 0.25) is 0 Å². The molecule has 2 rings (SSSR count). The monoisotopic (exact) mass is 285 g/mol. The Balaban J connectivity index is 2.13. The van der Waals surface area contributed by atoms with Crippen molar-refractivity contribution in [3.8, 4) is 0 Å². The highest BCUT2D eigenvalue weighted by molar-refractivity contribution is 5.82. The molecule has 112 valence electrons. The van der Waals surface area contributed by atoms with Crippen LogP contribution in [0.3, 0.4) is 0 Å². The van der Waals surface area contributed by atoms with Gasteiger partial charge < -0.3 is 10.6 Å². The predicted octanol–water partition coefficient (Wildman–Crippen LogP) is 2.49. The highest BCUT2D eigenvalue weighted by atomic mass is 16.2. The first-order valence-corrected chi connectivity index (χ1v) is 7.39. The van der Waals surface area contributed by atoms with Crippen LogP contribution in [0.15, 0.2) is 36.5 Å². The first-order valence-electron chi connectivity index (χ1n) is 7.39. The summed E-state index contributed by atoms with van der Waals surface area (Å²) in [7, 11) is 1.68. The lowest BCUT2D eigenvalue weighted by Gasteiger charge is -2.19. The summed E-state index contributed by atoms with van der Waals surface area (Å²) in [6.45, 7) is 4.88. The molecule has 4 nitrogen and oxygen atoms in total. The van der Waals surface area contributed by atoms with Crippen LogP contribution in [0.5, 0.6) is 0 Å². The van der Waals surface area contributed by atoms with E-state index in [0.717, 1.165) is 22.9 Å². The zero-order chi connectivity index (χ0) is 15.2. The molecule has 0 bridgehead atoms. The van der Waals surface area contributed by atoms with Crippen LogP contribution in [-0.4, -0.2) is 24.0 Å². The quantitative estimate of drug-likeness (QED) is 0.857. The van der Waals surface area contributed by atoms with E-state index in [0.29, 0.717) is 12.5 Å². The number of aromatic nitrogens is 1. The minimum atomic E-state index is -0.172. The predicted molar refractivity (Wildman–Crippen MR) is 85.9 cm³/mol. The lowest BCUT2D eigenvalue weighted by molar-refractivity contribution is -0.123. The fourth-order valence-electron chi connectivity index (χ4n) is 2.47. The van der Waals surface area contributed by atoms with Gasteiger partial charge in [0.15, 0.2) is 0 Å². The van der Waals surface area contributed by atoms with Crippen LogP contribution in [0.4, 0.5) is 0 Å². The lowest BCUT2D eigenvalue weighted by atomic mass is 10.0. The molecule has 0 fully saturated rings. The van der Waals surface area contributed by atoms with Crippen LogP contribution in [-0.2, 0) is 11.3 Å². The Labute approximate surface area is 126 Å². The minimum absolute atomic E-state index is 0.0388. The molecule has 0 radical (unpaired) electrons. The summed E-state index contributed by atoms with van der Waals surface area (Å²) < 4.78 is 0. The molecule has 1 unspecified atom stereocenters. The van der Waals surface area contributed by atoms with Gasteiger partial charge in [0.2, 0.25) is 5.91 Å². The number of carbonyl (C=O) groups is 1. The molecule has 0 saturated heterocycles. The fourth-order valence-corrected chi connectivity index (χ4v) is 2.47. The number of hydrogen-bond acceptors (Lipinski definition) is 3. The SMILES string of the molecule is CNC(=O)C(CC(C)C)NCc1cccc2cccnc12. The van der Waals surface area contributed by atoms with Crippen LogP contribution in [0.1, 0.15) is 25.8 Å². The van der Waals surface area contributed by atoms with Gasteiger partial charge in [-0.3, -0.25) is 9.78 Å². The molecule has 1 heterocycles. The fraction of sp³-hybridized carbons (Fsp3) is 0.412. The summed E-state index contributed by atoms with van der Waals surface area (Å²) in [5.74, 6) is 0.502. The first kappa shape index (κ1) is 15.4. The summed E-state index contributed by atoms with van der Waals surface area (Å²) in [4.78, 5) is 16.4. The van der Waals surface area contributed by atoms with E-state index in [-0.39, 0.29) is 11.9 Å². The van der Waals surface area contributed by atoms with E-state index in [1.165, 1.54) is 0 Å². The second-order valence-corrected chi connectivity index (χ2v) is 5.67. The number of rotatable bonds is 6. The Morgan fingerprint density at radius 1 is 1.24 bits per heavy atom. The number of fused-ring (bicyclic) bond motifs is 1. The molecular weight excluding hydrogens is 262 g/mol. The molecule has 2 N–H and O–H groups in total. The van der Waals surface area contributed by atoms with Crippen molar-refractivity contribution in [2.45, 2.75) is 32.9 Å². The number of nitrogens with one attached hydrogen (secondary N) is 2. The van der Waals surface area contributed by atoms with Crippen LogP contribution < -0.4 is 10.6 Å². The normalized spacial score (nSPS) is 12.6. The van der Waals surface area contributed by atoms with Crippen LogP contribution >= 0.6 is 0 Å². The van der Waals surface area contributed by atoms with Gasteiger partial charge in [0.1, 0.15) is 0 Å². The second kappa shape index (κ2) is 7.18. The Hall–Kier alpha value is -1.94. The van der Waals surface area contributed by atoms with Crippen molar-refractivity contribution in [3.63, 3.8) is 0 Å². The smallest absolute Gasteiger partial charge is 0.236 e. The molecule has 0 aliphatic heterocycles. The zero-order valence-corrected chi connectivity index (χ0v) is 12.9. The van der Waals surface area contributed by atoms with Crippen LogP contribution in [0, 0.1) is 5.92 Å². The van der Waals surface area contributed by atoms with Gasteiger partial charge in [-0.05, 0) is 24.0 Å². The molecule has 0 saturated carbocycles. The van der Waals surface area contributed by atoms with Crippen LogP contribution in [0.25, 0.3) is 10.9 Å². The molecule has 1 aromatic carbocycles. The third-order valence-electron chi connectivity index (χ3n) is 3.53. The minimum Gasteiger partial charge on any atom is -0.358 e. The molecular formula is C17H23N3O. The Bertz CT molecular complexity index is 605.